The van der Waals surface area contributed by atoms with Crippen LogP contribution < -0.4 is 10.6 Å². The van der Waals surface area contributed by atoms with Crippen LogP contribution in [0.15, 0.2) is 42.7 Å². The summed E-state index contributed by atoms with van der Waals surface area (Å²) in [6, 6.07) is 10.2. The van der Waals surface area contributed by atoms with Gasteiger partial charge in [0.05, 0.1) is 4.58 Å². The molecule has 1 aromatic heterocycles. The summed E-state index contributed by atoms with van der Waals surface area (Å²) in [6.45, 7) is 1.64. The normalized spacial score (nSPS) is 19.7. The van der Waals surface area contributed by atoms with Gasteiger partial charge >= 0.3 is 0 Å². The third kappa shape index (κ3) is 3.91. The zero-order valence-corrected chi connectivity index (χ0v) is 16.8. The van der Waals surface area contributed by atoms with E-state index < -0.39 is 5.54 Å². The fourth-order valence-corrected chi connectivity index (χ4v) is 6.32. The van der Waals surface area contributed by atoms with Crippen molar-refractivity contribution in [2.24, 2.45) is 0 Å². The molecule has 1 aromatic carbocycles. The first kappa shape index (κ1) is 19.6. The fraction of sp³-hybridized carbons (Fsp3) is 0.444. The molecule has 2 saturated heterocycles. The molecule has 0 atom stereocenters. The van der Waals surface area contributed by atoms with E-state index in [4.69, 9.17) is 0 Å². The molecule has 2 N–H and O–H groups in total. The van der Waals surface area contributed by atoms with Crippen molar-refractivity contribution in [1.29, 1.82) is 0 Å². The molecule has 0 unspecified atom stereocenters. The Balaban J connectivity index is 0.00000196. The first-order valence-corrected chi connectivity index (χ1v) is 10.7. The van der Waals surface area contributed by atoms with Crippen molar-refractivity contribution in [3.63, 3.8) is 0 Å². The highest BCUT2D eigenvalue weighted by Gasteiger charge is 2.42. The van der Waals surface area contributed by atoms with Gasteiger partial charge in [0.15, 0.2) is 0 Å². The highest BCUT2D eigenvalue weighted by Crippen LogP contribution is 2.45. The maximum atomic E-state index is 13.2. The lowest BCUT2D eigenvalue weighted by molar-refractivity contribution is -0.126. The lowest BCUT2D eigenvalue weighted by atomic mass is 9.87. The second kappa shape index (κ2) is 8.69. The van der Waals surface area contributed by atoms with E-state index in [9.17, 15) is 4.79 Å². The Morgan fingerprint density at radius 1 is 1.23 bits per heavy atom. The quantitative estimate of drug-likeness (QED) is 0.807. The molecule has 1 amide bonds. The minimum Gasteiger partial charge on any atom is -0.324 e. The topological polar surface area (TPSA) is 59.0 Å². The van der Waals surface area contributed by atoms with Gasteiger partial charge in [-0.1, -0.05) is 12.1 Å². The number of thioether (sulfide) groups is 2. The molecule has 4 rings (SSSR count). The summed E-state index contributed by atoms with van der Waals surface area (Å²) in [6.07, 6.45) is 5.13. The number of halogens is 1. The van der Waals surface area contributed by atoms with E-state index in [2.05, 4.69) is 27.9 Å². The number of hydrogen-bond donors (Lipinski definition) is 2. The van der Waals surface area contributed by atoms with Gasteiger partial charge < -0.3 is 10.6 Å². The third-order valence-corrected chi connectivity index (χ3v) is 7.94. The molecule has 2 aromatic rings. The number of carbonyl (C=O) groups is 1. The molecule has 0 saturated carbocycles. The van der Waals surface area contributed by atoms with Crippen molar-refractivity contribution in [3.8, 4) is 0 Å². The Morgan fingerprint density at radius 3 is 2.69 bits per heavy atom. The monoisotopic (exact) mass is 410 g/mol. The largest absolute Gasteiger partial charge is 0.324 e. The summed E-state index contributed by atoms with van der Waals surface area (Å²) in [4.78, 5) is 13.2. The molecule has 0 spiro atoms. The van der Waals surface area contributed by atoms with Crippen molar-refractivity contribution in [3.05, 3.63) is 48.3 Å². The summed E-state index contributed by atoms with van der Waals surface area (Å²) in [7, 11) is 0. The second-order valence-electron chi connectivity index (χ2n) is 6.39. The van der Waals surface area contributed by atoms with Crippen LogP contribution in [0.2, 0.25) is 0 Å². The summed E-state index contributed by atoms with van der Waals surface area (Å²) >= 11 is 3.95. The Labute approximate surface area is 168 Å². The van der Waals surface area contributed by atoms with Crippen LogP contribution in [0.1, 0.15) is 23.0 Å². The summed E-state index contributed by atoms with van der Waals surface area (Å²) in [5.41, 5.74) is 1.55. The summed E-state index contributed by atoms with van der Waals surface area (Å²) in [5.74, 6) is 2.42. The number of piperidine rings is 1. The van der Waals surface area contributed by atoms with Gasteiger partial charge in [-0.05, 0) is 49.7 Å². The van der Waals surface area contributed by atoms with Crippen molar-refractivity contribution in [2.75, 3.05) is 29.9 Å². The zero-order valence-electron chi connectivity index (χ0n) is 14.4. The predicted octanol–water partition coefficient (Wildman–Crippen LogP) is 3.50. The number of rotatable bonds is 4. The van der Waals surface area contributed by atoms with Gasteiger partial charge in [-0.3, -0.25) is 9.48 Å². The molecule has 2 fully saturated rings. The highest BCUT2D eigenvalue weighted by molar-refractivity contribution is 8.19. The van der Waals surface area contributed by atoms with Crippen LogP contribution in [0.5, 0.6) is 0 Å². The molecule has 140 valence electrons. The van der Waals surface area contributed by atoms with E-state index in [0.717, 1.165) is 31.6 Å². The van der Waals surface area contributed by atoms with Gasteiger partial charge in [0.1, 0.15) is 5.54 Å². The lowest BCUT2D eigenvalue weighted by Gasteiger charge is -2.36. The number of amides is 1. The zero-order chi connectivity index (χ0) is 17.1. The molecular weight excluding hydrogens is 388 g/mol. The maximum Gasteiger partial charge on any atom is 0.252 e. The van der Waals surface area contributed by atoms with Crippen LogP contribution in [0.3, 0.4) is 0 Å². The standard InChI is InChI=1S/C18H22N4OS2.ClH/c23-17(18(5-8-19-9-6-18)22-10-2-7-20-22)21-15-4-1-3-14(13-15)16-24-11-12-25-16;/h1-4,7,10,13,16,19H,5-6,8-9,11-12H2,(H,21,23);1H. The summed E-state index contributed by atoms with van der Waals surface area (Å²) in [5, 5.41) is 10.9. The molecule has 26 heavy (non-hydrogen) atoms. The van der Waals surface area contributed by atoms with Crippen molar-refractivity contribution >= 4 is 47.5 Å². The third-order valence-electron chi connectivity index (χ3n) is 4.83. The SMILES string of the molecule is Cl.O=C(Nc1cccc(C2SCCS2)c1)C1(n2cccn2)CCNCC1. The summed E-state index contributed by atoms with van der Waals surface area (Å²) < 4.78 is 2.31. The molecule has 3 heterocycles. The number of nitrogens with zero attached hydrogens (tertiary/aromatic N) is 2. The number of anilines is 1. The minimum absolute atomic E-state index is 0. The van der Waals surface area contributed by atoms with Gasteiger partial charge in [-0.2, -0.15) is 5.10 Å². The molecule has 0 aliphatic carbocycles. The van der Waals surface area contributed by atoms with E-state index in [1.807, 2.05) is 52.6 Å². The molecule has 8 heteroatoms. The van der Waals surface area contributed by atoms with Gasteiger partial charge in [0, 0.05) is 29.6 Å². The number of nitrogens with one attached hydrogen (secondary N) is 2. The average Bonchev–Trinajstić information content (AvgIpc) is 3.36. The number of aromatic nitrogens is 2. The van der Waals surface area contributed by atoms with Crippen LogP contribution >= 0.6 is 35.9 Å². The van der Waals surface area contributed by atoms with Crippen LogP contribution in [-0.2, 0) is 10.3 Å². The number of carbonyl (C=O) groups excluding carboxylic acids is 1. The smallest absolute Gasteiger partial charge is 0.252 e. The highest BCUT2D eigenvalue weighted by atomic mass is 35.5. The van der Waals surface area contributed by atoms with E-state index in [1.165, 1.54) is 17.1 Å². The number of hydrogen-bond acceptors (Lipinski definition) is 5. The van der Waals surface area contributed by atoms with Gasteiger partial charge in [0.25, 0.3) is 5.91 Å². The van der Waals surface area contributed by atoms with Crippen molar-refractivity contribution in [1.82, 2.24) is 15.1 Å². The average molecular weight is 411 g/mol. The molecule has 2 aliphatic rings. The van der Waals surface area contributed by atoms with E-state index >= 15 is 0 Å². The lowest BCUT2D eigenvalue weighted by Crippen LogP contribution is -2.52. The second-order valence-corrected chi connectivity index (χ2v) is 9.11. The number of benzene rings is 1. The maximum absolute atomic E-state index is 13.2. The van der Waals surface area contributed by atoms with Crippen molar-refractivity contribution < 1.29 is 4.79 Å². The van der Waals surface area contributed by atoms with E-state index in [-0.39, 0.29) is 18.3 Å². The first-order valence-electron chi connectivity index (χ1n) is 8.63. The fourth-order valence-electron chi connectivity index (χ4n) is 3.48. The Morgan fingerprint density at radius 2 is 2.00 bits per heavy atom. The molecule has 5 nitrogen and oxygen atoms in total. The molecule has 2 aliphatic heterocycles. The predicted molar refractivity (Wildman–Crippen MR) is 112 cm³/mol. The molecule has 0 bridgehead atoms. The Hall–Kier alpha value is -1.15. The van der Waals surface area contributed by atoms with Crippen LogP contribution in [0.4, 0.5) is 5.69 Å². The molecular formula is C18H23ClN4OS2. The Kier molecular flexibility index (Phi) is 6.55. The minimum atomic E-state index is -0.610. The Bertz CT molecular complexity index is 729. The van der Waals surface area contributed by atoms with Crippen molar-refractivity contribution in [2.45, 2.75) is 23.0 Å². The van der Waals surface area contributed by atoms with E-state index in [1.54, 1.807) is 6.20 Å². The van der Waals surface area contributed by atoms with Gasteiger partial charge in [-0.15, -0.1) is 35.9 Å². The van der Waals surface area contributed by atoms with Crippen LogP contribution in [0, 0.1) is 0 Å². The van der Waals surface area contributed by atoms with Gasteiger partial charge in [0.2, 0.25) is 0 Å². The molecule has 0 radical (unpaired) electrons. The van der Waals surface area contributed by atoms with Gasteiger partial charge in [-0.25, -0.2) is 0 Å². The first-order chi connectivity index (χ1) is 12.3. The van der Waals surface area contributed by atoms with Crippen LogP contribution in [0.25, 0.3) is 0 Å². The van der Waals surface area contributed by atoms with Crippen LogP contribution in [-0.4, -0.2) is 40.3 Å². The van der Waals surface area contributed by atoms with E-state index in [0.29, 0.717) is 4.58 Å².